The molecule has 4 heterocycles. The highest BCUT2D eigenvalue weighted by molar-refractivity contribution is 6.32. The van der Waals surface area contributed by atoms with Crippen LogP contribution in [0.2, 0.25) is 5.02 Å². The van der Waals surface area contributed by atoms with Gasteiger partial charge in [-0.15, -0.1) is 0 Å². The molecule has 7 heteroatoms. The largest absolute Gasteiger partial charge is 0.486 e. The first-order valence-corrected chi connectivity index (χ1v) is 9.80. The number of rotatable bonds is 2. The molecule has 2 bridgehead atoms. The molecule has 1 aromatic carbocycles. The molecule has 4 aliphatic rings. The highest BCUT2D eigenvalue weighted by Gasteiger charge is 2.53. The Labute approximate surface area is 158 Å². The molecular weight excluding hydrogens is 354 g/mol. The van der Waals surface area contributed by atoms with Crippen molar-refractivity contribution >= 4 is 17.6 Å². The maximum absolute atomic E-state index is 6.34. The molecule has 0 amide bonds. The number of nitrogens with one attached hydrogen (secondary N) is 1. The molecule has 0 spiro atoms. The zero-order chi connectivity index (χ0) is 17.7. The Kier molecular flexibility index (Phi) is 4.13. The fourth-order valence-corrected chi connectivity index (χ4v) is 5.20. The van der Waals surface area contributed by atoms with Crippen molar-refractivity contribution in [2.45, 2.75) is 31.6 Å². The van der Waals surface area contributed by atoms with E-state index >= 15 is 0 Å². The van der Waals surface area contributed by atoms with Crippen molar-refractivity contribution in [3.05, 3.63) is 22.7 Å². The predicted molar refractivity (Wildman–Crippen MR) is 99.1 cm³/mol. The maximum atomic E-state index is 6.34. The van der Waals surface area contributed by atoms with E-state index in [2.05, 4.69) is 15.2 Å². The summed E-state index contributed by atoms with van der Waals surface area (Å²) in [6, 6.07) is 3.93. The second-order valence-corrected chi connectivity index (χ2v) is 7.93. The summed E-state index contributed by atoms with van der Waals surface area (Å²) in [6.45, 7) is 3.82. The van der Waals surface area contributed by atoms with Crippen LogP contribution in [0.4, 0.5) is 0 Å². The summed E-state index contributed by atoms with van der Waals surface area (Å²) in [5.41, 5.74) is 1.06. The molecule has 5 rings (SSSR count). The van der Waals surface area contributed by atoms with Crippen LogP contribution in [-0.4, -0.2) is 56.4 Å². The van der Waals surface area contributed by atoms with Gasteiger partial charge in [0, 0.05) is 38.5 Å². The maximum Gasteiger partial charge on any atom is 0.193 e. The standard InChI is InChI=1S/C19H24ClN3O3/c1-21-19(23-9-12-13(10-23)16-3-2-15(12)26-16)22-8-11-6-14(20)18-17(7-11)24-4-5-25-18/h6-7,12-13,15-16H,2-5,8-10H2,1H3,(H,21,22). The smallest absolute Gasteiger partial charge is 0.193 e. The van der Waals surface area contributed by atoms with Crippen molar-refractivity contribution in [3.8, 4) is 11.5 Å². The van der Waals surface area contributed by atoms with Crippen LogP contribution in [0.15, 0.2) is 17.1 Å². The number of aliphatic imine (C=N–C) groups is 1. The van der Waals surface area contributed by atoms with Crippen molar-refractivity contribution in [2.75, 3.05) is 33.4 Å². The van der Waals surface area contributed by atoms with Crippen molar-refractivity contribution < 1.29 is 14.2 Å². The lowest BCUT2D eigenvalue weighted by Crippen LogP contribution is -2.41. The predicted octanol–water partition coefficient (Wildman–Crippen LogP) is 2.30. The molecule has 4 unspecified atom stereocenters. The van der Waals surface area contributed by atoms with E-state index in [1.54, 1.807) is 0 Å². The average Bonchev–Trinajstić information content (AvgIpc) is 3.36. The van der Waals surface area contributed by atoms with Gasteiger partial charge in [0.2, 0.25) is 0 Å². The highest BCUT2D eigenvalue weighted by Crippen LogP contribution is 2.47. The van der Waals surface area contributed by atoms with Crippen LogP contribution in [-0.2, 0) is 11.3 Å². The molecule has 140 valence electrons. The van der Waals surface area contributed by atoms with Crippen LogP contribution in [0.5, 0.6) is 11.5 Å². The summed E-state index contributed by atoms with van der Waals surface area (Å²) >= 11 is 6.34. The topological polar surface area (TPSA) is 55.3 Å². The van der Waals surface area contributed by atoms with Crippen LogP contribution >= 0.6 is 11.6 Å². The number of fused-ring (bicyclic) bond motifs is 6. The Morgan fingerprint density at radius 1 is 1.19 bits per heavy atom. The summed E-state index contributed by atoms with van der Waals surface area (Å²) in [5.74, 6) is 3.64. The number of guanidine groups is 1. The molecule has 3 saturated heterocycles. The first-order chi connectivity index (χ1) is 12.7. The molecule has 0 aromatic heterocycles. The average molecular weight is 378 g/mol. The molecular formula is C19H24ClN3O3. The van der Waals surface area contributed by atoms with Crippen LogP contribution in [0, 0.1) is 11.8 Å². The lowest BCUT2D eigenvalue weighted by atomic mass is 9.82. The van der Waals surface area contributed by atoms with Gasteiger partial charge in [-0.25, -0.2) is 0 Å². The molecule has 6 nitrogen and oxygen atoms in total. The SMILES string of the molecule is CN=C(NCc1cc(Cl)c2c(c1)OCCO2)N1CC2C3CCC(O3)C2C1. The van der Waals surface area contributed by atoms with Crippen LogP contribution < -0.4 is 14.8 Å². The van der Waals surface area contributed by atoms with Crippen LogP contribution in [0.25, 0.3) is 0 Å². The van der Waals surface area contributed by atoms with E-state index in [4.69, 9.17) is 25.8 Å². The second-order valence-electron chi connectivity index (χ2n) is 7.53. The van der Waals surface area contributed by atoms with Gasteiger partial charge in [0.15, 0.2) is 17.5 Å². The Bertz CT molecular complexity index is 723. The third-order valence-electron chi connectivity index (χ3n) is 6.07. The van der Waals surface area contributed by atoms with Gasteiger partial charge in [0.25, 0.3) is 0 Å². The third kappa shape index (κ3) is 2.70. The highest BCUT2D eigenvalue weighted by atomic mass is 35.5. The Balaban J connectivity index is 1.25. The van der Waals surface area contributed by atoms with Gasteiger partial charge < -0.3 is 24.4 Å². The molecule has 1 N–H and O–H groups in total. The molecule has 4 atom stereocenters. The minimum atomic E-state index is 0.463. The van der Waals surface area contributed by atoms with E-state index < -0.39 is 0 Å². The molecule has 0 aliphatic carbocycles. The summed E-state index contributed by atoms with van der Waals surface area (Å²) in [4.78, 5) is 6.87. The van der Waals surface area contributed by atoms with E-state index in [9.17, 15) is 0 Å². The summed E-state index contributed by atoms with van der Waals surface area (Å²) in [5, 5.41) is 4.08. The van der Waals surface area contributed by atoms with E-state index in [1.807, 2.05) is 19.2 Å². The molecule has 0 saturated carbocycles. The van der Waals surface area contributed by atoms with Gasteiger partial charge in [-0.05, 0) is 30.5 Å². The minimum Gasteiger partial charge on any atom is -0.486 e. The molecule has 3 fully saturated rings. The normalized spacial score (nSPS) is 32.1. The molecule has 0 radical (unpaired) electrons. The quantitative estimate of drug-likeness (QED) is 0.633. The Morgan fingerprint density at radius 2 is 1.92 bits per heavy atom. The van der Waals surface area contributed by atoms with Gasteiger partial charge in [0.1, 0.15) is 13.2 Å². The number of hydrogen-bond acceptors (Lipinski definition) is 4. The lowest BCUT2D eigenvalue weighted by molar-refractivity contribution is 0.0767. The van der Waals surface area contributed by atoms with Crippen molar-refractivity contribution in [1.29, 1.82) is 0 Å². The zero-order valence-electron chi connectivity index (χ0n) is 14.9. The first-order valence-electron chi connectivity index (χ1n) is 9.42. The van der Waals surface area contributed by atoms with Gasteiger partial charge in [-0.2, -0.15) is 0 Å². The minimum absolute atomic E-state index is 0.463. The van der Waals surface area contributed by atoms with Crippen molar-refractivity contribution in [1.82, 2.24) is 10.2 Å². The molecule has 26 heavy (non-hydrogen) atoms. The second kappa shape index (κ2) is 6.50. The summed E-state index contributed by atoms with van der Waals surface area (Å²) in [6.07, 6.45) is 3.37. The monoisotopic (exact) mass is 377 g/mol. The van der Waals surface area contributed by atoms with E-state index in [1.165, 1.54) is 12.8 Å². The summed E-state index contributed by atoms with van der Waals surface area (Å²) in [7, 11) is 1.85. The van der Waals surface area contributed by atoms with Crippen molar-refractivity contribution in [3.63, 3.8) is 0 Å². The van der Waals surface area contributed by atoms with Gasteiger partial charge in [0.05, 0.1) is 17.2 Å². The van der Waals surface area contributed by atoms with Crippen LogP contribution in [0.1, 0.15) is 18.4 Å². The van der Waals surface area contributed by atoms with E-state index in [-0.39, 0.29) is 0 Å². The number of halogens is 1. The summed E-state index contributed by atoms with van der Waals surface area (Å²) < 4.78 is 17.3. The number of ether oxygens (including phenoxy) is 3. The van der Waals surface area contributed by atoms with Gasteiger partial charge in [-0.3, -0.25) is 4.99 Å². The zero-order valence-corrected chi connectivity index (χ0v) is 15.7. The molecule has 4 aliphatic heterocycles. The van der Waals surface area contributed by atoms with E-state index in [0.717, 1.165) is 30.4 Å². The van der Waals surface area contributed by atoms with Gasteiger partial charge in [-0.1, -0.05) is 11.6 Å². The van der Waals surface area contributed by atoms with Crippen LogP contribution in [0.3, 0.4) is 0 Å². The van der Waals surface area contributed by atoms with Crippen molar-refractivity contribution in [2.24, 2.45) is 16.8 Å². The van der Waals surface area contributed by atoms with E-state index in [0.29, 0.717) is 54.6 Å². The first kappa shape index (κ1) is 16.5. The number of likely N-dealkylation sites (tertiary alicyclic amines) is 1. The number of nitrogens with zero attached hydrogens (tertiary/aromatic N) is 2. The fraction of sp³-hybridized carbons (Fsp3) is 0.632. The third-order valence-corrected chi connectivity index (χ3v) is 6.35. The number of hydrogen-bond donors (Lipinski definition) is 1. The Morgan fingerprint density at radius 3 is 2.65 bits per heavy atom. The Hall–Kier alpha value is -1.66. The lowest BCUT2D eigenvalue weighted by Gasteiger charge is -2.24. The van der Waals surface area contributed by atoms with Gasteiger partial charge >= 0.3 is 0 Å². The number of benzene rings is 1. The fourth-order valence-electron chi connectivity index (χ4n) is 4.91. The molecule has 1 aromatic rings.